The number of nitrogens with zero attached hydrogens (tertiary/aromatic N) is 1. The smallest absolute Gasteiger partial charge is 0.0524 e. The van der Waals surface area contributed by atoms with E-state index >= 15 is 0 Å². The van der Waals surface area contributed by atoms with Crippen molar-refractivity contribution in [2.75, 3.05) is 0 Å². The van der Waals surface area contributed by atoms with Crippen LogP contribution in [-0.4, -0.2) is 4.98 Å². The van der Waals surface area contributed by atoms with E-state index in [0.717, 1.165) is 20.8 Å². The number of pyridine rings is 1. The van der Waals surface area contributed by atoms with Gasteiger partial charge in [-0.25, -0.2) is 0 Å². The molecule has 104 valence electrons. The van der Waals surface area contributed by atoms with Crippen LogP contribution in [0.15, 0.2) is 77.4 Å². The molecule has 1 nitrogen and oxygen atoms in total. The van der Waals surface area contributed by atoms with E-state index in [2.05, 4.69) is 57.3 Å². The third-order valence-corrected chi connectivity index (χ3v) is 4.31. The van der Waals surface area contributed by atoms with Crippen LogP contribution in [0.25, 0.3) is 0 Å². The van der Waals surface area contributed by atoms with Gasteiger partial charge in [-0.2, -0.15) is 0 Å². The van der Waals surface area contributed by atoms with Crippen LogP contribution in [0.1, 0.15) is 22.7 Å². The van der Waals surface area contributed by atoms with Crippen molar-refractivity contribution >= 4 is 27.5 Å². The number of aromatic nitrogens is 1. The summed E-state index contributed by atoms with van der Waals surface area (Å²) in [4.78, 5) is 4.54. The summed E-state index contributed by atoms with van der Waals surface area (Å²) in [6.07, 6.45) is 1.83. The van der Waals surface area contributed by atoms with Gasteiger partial charge in [0.05, 0.1) is 11.6 Å². The Kier molecular flexibility index (Phi) is 4.37. The molecule has 0 amide bonds. The first-order valence-electron chi connectivity index (χ1n) is 6.66. The fourth-order valence-electron chi connectivity index (χ4n) is 2.44. The van der Waals surface area contributed by atoms with E-state index in [9.17, 15) is 0 Å². The first kappa shape index (κ1) is 14.3. The summed E-state index contributed by atoms with van der Waals surface area (Å²) >= 11 is 9.70. The zero-order valence-corrected chi connectivity index (χ0v) is 13.6. The highest BCUT2D eigenvalue weighted by Gasteiger charge is 2.20. The van der Waals surface area contributed by atoms with Gasteiger partial charge in [0.25, 0.3) is 0 Å². The van der Waals surface area contributed by atoms with Gasteiger partial charge < -0.3 is 0 Å². The monoisotopic (exact) mass is 357 g/mol. The van der Waals surface area contributed by atoms with Crippen molar-refractivity contribution in [2.45, 2.75) is 5.92 Å². The van der Waals surface area contributed by atoms with Crippen LogP contribution in [0.4, 0.5) is 0 Å². The van der Waals surface area contributed by atoms with Gasteiger partial charge in [-0.3, -0.25) is 4.98 Å². The van der Waals surface area contributed by atoms with Crippen LogP contribution in [0.3, 0.4) is 0 Å². The summed E-state index contributed by atoms with van der Waals surface area (Å²) in [6.45, 7) is 0. The predicted octanol–water partition coefficient (Wildman–Crippen LogP) is 5.68. The maximum absolute atomic E-state index is 6.07. The van der Waals surface area contributed by atoms with E-state index in [1.807, 2.05) is 36.5 Å². The molecule has 1 aromatic heterocycles. The quantitative estimate of drug-likeness (QED) is 0.587. The van der Waals surface area contributed by atoms with Gasteiger partial charge in [-0.1, -0.05) is 70.0 Å². The molecule has 0 spiro atoms. The molecule has 0 aliphatic heterocycles. The maximum atomic E-state index is 6.07. The zero-order valence-electron chi connectivity index (χ0n) is 11.2. The van der Waals surface area contributed by atoms with Crippen LogP contribution in [0, 0.1) is 0 Å². The average Bonchev–Trinajstić information content (AvgIpc) is 2.52. The van der Waals surface area contributed by atoms with E-state index in [4.69, 9.17) is 11.6 Å². The molecular formula is C18H13BrClN. The Bertz CT molecular complexity index is 689. The van der Waals surface area contributed by atoms with Crippen molar-refractivity contribution in [3.63, 3.8) is 0 Å². The standard InChI is InChI=1S/C18H13BrClN/c19-16-12-14(20)9-10-15(16)18(13-6-2-1-3-7-13)17-8-4-5-11-21-17/h1-12,18H. The molecular weight excluding hydrogens is 346 g/mol. The van der Waals surface area contributed by atoms with Crippen LogP contribution < -0.4 is 0 Å². The number of hydrogen-bond acceptors (Lipinski definition) is 1. The van der Waals surface area contributed by atoms with Crippen LogP contribution in [0.2, 0.25) is 5.02 Å². The van der Waals surface area contributed by atoms with Crippen molar-refractivity contribution < 1.29 is 0 Å². The molecule has 0 saturated carbocycles. The molecule has 0 fully saturated rings. The molecule has 0 bridgehead atoms. The molecule has 0 radical (unpaired) electrons. The molecule has 0 aliphatic rings. The molecule has 1 atom stereocenters. The average molecular weight is 359 g/mol. The number of halogens is 2. The molecule has 3 aromatic rings. The normalized spacial score (nSPS) is 12.1. The first-order valence-corrected chi connectivity index (χ1v) is 7.83. The van der Waals surface area contributed by atoms with Crippen molar-refractivity contribution in [3.05, 3.63) is 99.2 Å². The summed E-state index contributed by atoms with van der Waals surface area (Å²) in [6, 6.07) is 22.3. The van der Waals surface area contributed by atoms with Crippen LogP contribution >= 0.6 is 27.5 Å². The van der Waals surface area contributed by atoms with E-state index in [1.165, 1.54) is 5.56 Å². The summed E-state index contributed by atoms with van der Waals surface area (Å²) in [5, 5.41) is 0.721. The Morgan fingerprint density at radius 1 is 0.905 bits per heavy atom. The zero-order chi connectivity index (χ0) is 14.7. The lowest BCUT2D eigenvalue weighted by atomic mass is 9.88. The van der Waals surface area contributed by atoms with Gasteiger partial charge in [-0.15, -0.1) is 0 Å². The summed E-state index contributed by atoms with van der Waals surface area (Å²) in [7, 11) is 0. The highest BCUT2D eigenvalue weighted by Crippen LogP contribution is 2.36. The Labute approximate surface area is 137 Å². The van der Waals surface area contributed by atoms with Gasteiger partial charge in [0.2, 0.25) is 0 Å². The second kappa shape index (κ2) is 6.42. The Hall–Kier alpha value is -1.64. The number of hydrogen-bond donors (Lipinski definition) is 0. The Balaban J connectivity index is 2.17. The van der Waals surface area contributed by atoms with Crippen LogP contribution in [-0.2, 0) is 0 Å². The molecule has 0 saturated heterocycles. The van der Waals surface area contributed by atoms with E-state index < -0.39 is 0 Å². The Morgan fingerprint density at radius 3 is 2.33 bits per heavy atom. The first-order chi connectivity index (χ1) is 10.3. The van der Waals surface area contributed by atoms with Crippen molar-refractivity contribution in [1.82, 2.24) is 4.98 Å². The van der Waals surface area contributed by atoms with Gasteiger partial charge >= 0.3 is 0 Å². The summed E-state index contributed by atoms with van der Waals surface area (Å²) < 4.78 is 0.995. The molecule has 21 heavy (non-hydrogen) atoms. The molecule has 2 aromatic carbocycles. The molecule has 3 rings (SSSR count). The second-order valence-electron chi connectivity index (χ2n) is 4.76. The highest BCUT2D eigenvalue weighted by molar-refractivity contribution is 9.10. The van der Waals surface area contributed by atoms with Crippen molar-refractivity contribution in [2.24, 2.45) is 0 Å². The van der Waals surface area contributed by atoms with E-state index in [1.54, 1.807) is 0 Å². The van der Waals surface area contributed by atoms with Gasteiger partial charge in [-0.05, 0) is 35.4 Å². The molecule has 0 aliphatic carbocycles. The maximum Gasteiger partial charge on any atom is 0.0524 e. The summed E-state index contributed by atoms with van der Waals surface area (Å²) in [5.74, 6) is 0.0824. The lowest BCUT2D eigenvalue weighted by Crippen LogP contribution is -2.06. The minimum absolute atomic E-state index is 0.0824. The van der Waals surface area contributed by atoms with E-state index in [-0.39, 0.29) is 5.92 Å². The molecule has 0 N–H and O–H groups in total. The topological polar surface area (TPSA) is 12.9 Å². The van der Waals surface area contributed by atoms with Gasteiger partial charge in [0.1, 0.15) is 0 Å². The largest absolute Gasteiger partial charge is 0.260 e. The minimum Gasteiger partial charge on any atom is -0.260 e. The lowest BCUT2D eigenvalue weighted by Gasteiger charge is -2.19. The third kappa shape index (κ3) is 3.17. The predicted molar refractivity (Wildman–Crippen MR) is 90.8 cm³/mol. The number of benzene rings is 2. The van der Waals surface area contributed by atoms with Crippen molar-refractivity contribution in [1.29, 1.82) is 0 Å². The molecule has 3 heteroatoms. The van der Waals surface area contributed by atoms with E-state index in [0.29, 0.717) is 0 Å². The Morgan fingerprint density at radius 2 is 1.67 bits per heavy atom. The van der Waals surface area contributed by atoms with Crippen LogP contribution in [0.5, 0.6) is 0 Å². The fraction of sp³-hybridized carbons (Fsp3) is 0.0556. The molecule has 1 unspecified atom stereocenters. The van der Waals surface area contributed by atoms with Crippen molar-refractivity contribution in [3.8, 4) is 0 Å². The number of rotatable bonds is 3. The van der Waals surface area contributed by atoms with Gasteiger partial charge in [0, 0.05) is 15.7 Å². The second-order valence-corrected chi connectivity index (χ2v) is 6.05. The third-order valence-electron chi connectivity index (χ3n) is 3.39. The summed E-state index contributed by atoms with van der Waals surface area (Å²) in [5.41, 5.74) is 3.38. The fourth-order valence-corrected chi connectivity index (χ4v) is 3.35. The highest BCUT2D eigenvalue weighted by atomic mass is 79.9. The van der Waals surface area contributed by atoms with Gasteiger partial charge in [0.15, 0.2) is 0 Å². The molecule has 1 heterocycles. The minimum atomic E-state index is 0.0824. The SMILES string of the molecule is Clc1ccc(C(c2ccccc2)c2ccccn2)c(Br)c1. The lowest BCUT2D eigenvalue weighted by molar-refractivity contribution is 0.913.